The molecule has 1 fully saturated rings. The van der Waals surface area contributed by atoms with Crippen LogP contribution < -0.4 is 0 Å². The number of rotatable bonds is 4. The van der Waals surface area contributed by atoms with Crippen molar-refractivity contribution in [2.45, 2.75) is 58.1 Å². The summed E-state index contributed by atoms with van der Waals surface area (Å²) in [4.78, 5) is 35.7. The van der Waals surface area contributed by atoms with Crippen LogP contribution in [0.3, 0.4) is 0 Å². The fraction of sp³-hybridized carbons (Fsp3) is 0.769. The molecular formula is C13H21NO5. The number of carbonyl (C=O) groups is 3. The van der Waals surface area contributed by atoms with Gasteiger partial charge in [-0.15, -0.1) is 0 Å². The second kappa shape index (κ2) is 6.04. The Kier molecular flexibility index (Phi) is 4.91. The molecule has 6 heteroatoms. The third-order valence-corrected chi connectivity index (χ3v) is 2.84. The summed E-state index contributed by atoms with van der Waals surface area (Å²) in [6.45, 7) is 5.78. The van der Waals surface area contributed by atoms with Crippen LogP contribution in [-0.2, 0) is 14.3 Å². The molecule has 1 saturated heterocycles. The molecule has 0 aliphatic carbocycles. The van der Waals surface area contributed by atoms with Crippen molar-refractivity contribution >= 4 is 17.8 Å². The third-order valence-electron chi connectivity index (χ3n) is 2.84. The fourth-order valence-corrected chi connectivity index (χ4v) is 2.04. The van der Waals surface area contributed by atoms with Gasteiger partial charge in [-0.25, -0.2) is 4.79 Å². The molecule has 108 valence electrons. The minimum Gasteiger partial charge on any atom is -0.481 e. The lowest BCUT2D eigenvalue weighted by Gasteiger charge is -2.27. The van der Waals surface area contributed by atoms with Gasteiger partial charge in [0.05, 0.1) is 12.5 Å². The van der Waals surface area contributed by atoms with E-state index in [4.69, 9.17) is 9.84 Å². The normalized spacial score (nSPS) is 19.3. The first-order valence-corrected chi connectivity index (χ1v) is 6.45. The molecule has 0 aromatic heterocycles. The van der Waals surface area contributed by atoms with Crippen LogP contribution in [0.5, 0.6) is 0 Å². The summed E-state index contributed by atoms with van der Waals surface area (Å²) >= 11 is 0. The first kappa shape index (κ1) is 15.5. The van der Waals surface area contributed by atoms with Gasteiger partial charge in [-0.2, -0.15) is 0 Å². The average Bonchev–Trinajstić information content (AvgIpc) is 2.72. The van der Waals surface area contributed by atoms with E-state index in [0.717, 1.165) is 6.42 Å². The molecule has 6 nitrogen and oxygen atoms in total. The van der Waals surface area contributed by atoms with E-state index in [1.807, 2.05) is 0 Å². The van der Waals surface area contributed by atoms with Crippen molar-refractivity contribution in [1.82, 2.24) is 4.90 Å². The molecule has 1 N–H and O–H groups in total. The number of ketones is 1. The van der Waals surface area contributed by atoms with Gasteiger partial charge in [0.25, 0.3) is 0 Å². The van der Waals surface area contributed by atoms with E-state index in [1.165, 1.54) is 4.90 Å². The summed E-state index contributed by atoms with van der Waals surface area (Å²) in [5, 5.41) is 8.58. The highest BCUT2D eigenvalue weighted by Gasteiger charge is 2.36. The number of carboxylic acids is 1. The Bertz CT molecular complexity index is 372. The van der Waals surface area contributed by atoms with Gasteiger partial charge in [0, 0.05) is 13.0 Å². The second-order valence-corrected chi connectivity index (χ2v) is 5.69. The number of carboxylic acid groups (broad SMARTS) is 1. The number of aliphatic carboxylic acids is 1. The standard InChI is InChI=1S/C13H21NO5/c1-13(2,3)19-12(18)14-8-4-5-9(14)10(15)6-7-11(16)17/h9H,4-8H2,1-3H3,(H,16,17). The van der Waals surface area contributed by atoms with Crippen LogP contribution in [0.4, 0.5) is 4.79 Å². The molecule has 0 radical (unpaired) electrons. The van der Waals surface area contributed by atoms with Gasteiger partial charge < -0.3 is 9.84 Å². The number of carbonyl (C=O) groups excluding carboxylic acids is 2. The molecule has 0 aromatic rings. The SMILES string of the molecule is CC(C)(C)OC(=O)N1CCCC1C(=O)CCC(=O)O. The number of hydrogen-bond donors (Lipinski definition) is 1. The van der Waals surface area contributed by atoms with E-state index in [1.54, 1.807) is 20.8 Å². The van der Waals surface area contributed by atoms with Crippen LogP contribution >= 0.6 is 0 Å². The van der Waals surface area contributed by atoms with Crippen molar-refractivity contribution in [1.29, 1.82) is 0 Å². The summed E-state index contributed by atoms with van der Waals surface area (Å²) in [7, 11) is 0. The fourth-order valence-electron chi connectivity index (χ4n) is 2.04. The molecule has 0 saturated carbocycles. The number of amides is 1. The van der Waals surface area contributed by atoms with Crippen molar-refractivity contribution in [2.75, 3.05) is 6.54 Å². The van der Waals surface area contributed by atoms with E-state index >= 15 is 0 Å². The molecule has 1 aliphatic rings. The summed E-state index contributed by atoms with van der Waals surface area (Å²) in [5.74, 6) is -1.21. The van der Waals surface area contributed by atoms with Crippen molar-refractivity contribution < 1.29 is 24.2 Å². The van der Waals surface area contributed by atoms with Crippen molar-refractivity contribution in [2.24, 2.45) is 0 Å². The number of nitrogens with zero attached hydrogens (tertiary/aromatic N) is 1. The zero-order chi connectivity index (χ0) is 14.6. The van der Waals surface area contributed by atoms with Gasteiger partial charge in [-0.05, 0) is 33.6 Å². The van der Waals surface area contributed by atoms with E-state index in [-0.39, 0.29) is 18.6 Å². The summed E-state index contributed by atoms with van der Waals surface area (Å²) < 4.78 is 5.25. The lowest BCUT2D eigenvalue weighted by molar-refractivity contribution is -0.139. The zero-order valence-electron chi connectivity index (χ0n) is 11.6. The maximum Gasteiger partial charge on any atom is 0.410 e. The number of Topliss-reactive ketones (excluding diaryl/α,β-unsaturated/α-hetero) is 1. The molecule has 1 unspecified atom stereocenters. The predicted octanol–water partition coefficient (Wildman–Crippen LogP) is 1.82. The van der Waals surface area contributed by atoms with Crippen LogP contribution in [0.2, 0.25) is 0 Å². The first-order valence-electron chi connectivity index (χ1n) is 6.45. The highest BCUT2D eigenvalue weighted by Crippen LogP contribution is 2.22. The molecule has 0 aromatic carbocycles. The van der Waals surface area contributed by atoms with Gasteiger partial charge in [-0.1, -0.05) is 0 Å². The number of ether oxygens (including phenoxy) is 1. The van der Waals surface area contributed by atoms with Crippen molar-refractivity contribution in [3.05, 3.63) is 0 Å². The predicted molar refractivity (Wildman–Crippen MR) is 67.8 cm³/mol. The Labute approximate surface area is 112 Å². The maximum atomic E-state index is 11.9. The van der Waals surface area contributed by atoms with E-state index in [2.05, 4.69) is 0 Å². The topological polar surface area (TPSA) is 83.9 Å². The number of hydrogen-bond acceptors (Lipinski definition) is 4. The lowest BCUT2D eigenvalue weighted by atomic mass is 10.1. The Morgan fingerprint density at radius 2 is 1.89 bits per heavy atom. The summed E-state index contributed by atoms with van der Waals surface area (Å²) in [5.41, 5.74) is -0.603. The molecule has 19 heavy (non-hydrogen) atoms. The Balaban J connectivity index is 2.60. The summed E-state index contributed by atoms with van der Waals surface area (Å²) in [6.07, 6.45) is 0.579. The van der Waals surface area contributed by atoms with Gasteiger partial charge in [0.1, 0.15) is 5.60 Å². The largest absolute Gasteiger partial charge is 0.481 e. The molecule has 1 heterocycles. The van der Waals surface area contributed by atoms with Crippen molar-refractivity contribution in [3.8, 4) is 0 Å². The highest BCUT2D eigenvalue weighted by molar-refractivity contribution is 5.89. The van der Waals surface area contributed by atoms with Crippen LogP contribution in [0.25, 0.3) is 0 Å². The molecular weight excluding hydrogens is 250 g/mol. The maximum absolute atomic E-state index is 11.9. The van der Waals surface area contributed by atoms with Gasteiger partial charge in [0.2, 0.25) is 0 Å². The van der Waals surface area contributed by atoms with Gasteiger partial charge in [0.15, 0.2) is 5.78 Å². The average molecular weight is 271 g/mol. The van der Waals surface area contributed by atoms with E-state index in [9.17, 15) is 14.4 Å². The van der Waals surface area contributed by atoms with E-state index < -0.39 is 23.7 Å². The quantitative estimate of drug-likeness (QED) is 0.843. The summed E-state index contributed by atoms with van der Waals surface area (Å²) in [6, 6.07) is -0.533. The zero-order valence-corrected chi connectivity index (χ0v) is 11.6. The Morgan fingerprint density at radius 3 is 2.42 bits per heavy atom. The highest BCUT2D eigenvalue weighted by atomic mass is 16.6. The minimum absolute atomic E-state index is 0.0424. The third kappa shape index (κ3) is 4.89. The molecule has 0 spiro atoms. The smallest absolute Gasteiger partial charge is 0.410 e. The van der Waals surface area contributed by atoms with Crippen LogP contribution in [0.15, 0.2) is 0 Å². The first-order chi connectivity index (χ1) is 8.70. The van der Waals surface area contributed by atoms with Gasteiger partial charge >= 0.3 is 12.1 Å². The molecule has 1 amide bonds. The Morgan fingerprint density at radius 1 is 1.26 bits per heavy atom. The molecule has 0 bridgehead atoms. The number of likely N-dealkylation sites (tertiary alicyclic amines) is 1. The molecule has 1 rings (SSSR count). The molecule has 1 atom stereocenters. The van der Waals surface area contributed by atoms with Crippen molar-refractivity contribution in [3.63, 3.8) is 0 Å². The lowest BCUT2D eigenvalue weighted by Crippen LogP contribution is -2.43. The Hall–Kier alpha value is -1.59. The second-order valence-electron chi connectivity index (χ2n) is 5.69. The minimum atomic E-state index is -1.00. The van der Waals surface area contributed by atoms with Gasteiger partial charge in [-0.3, -0.25) is 14.5 Å². The van der Waals surface area contributed by atoms with Crippen LogP contribution in [0.1, 0.15) is 46.5 Å². The monoisotopic (exact) mass is 271 g/mol. The van der Waals surface area contributed by atoms with E-state index in [0.29, 0.717) is 13.0 Å². The molecule has 1 aliphatic heterocycles. The van der Waals surface area contributed by atoms with Crippen LogP contribution in [0, 0.1) is 0 Å². The van der Waals surface area contributed by atoms with Crippen LogP contribution in [-0.4, -0.2) is 46.0 Å².